The quantitative estimate of drug-likeness (QED) is 0.0646. The lowest BCUT2D eigenvalue weighted by molar-refractivity contribution is 0.485. The molecule has 32 heteroatoms. The van der Waals surface area contributed by atoms with Crippen LogP contribution in [-0.4, -0.2) is 77.9 Å². The van der Waals surface area contributed by atoms with Gasteiger partial charge in [-0.15, -0.1) is 0 Å². The van der Waals surface area contributed by atoms with E-state index in [0.29, 0.717) is 37.1 Å². The zero-order valence-corrected chi connectivity index (χ0v) is 50.7. The molecule has 2 aliphatic rings. The van der Waals surface area contributed by atoms with Crippen molar-refractivity contribution in [2.75, 3.05) is 23.0 Å². The predicted octanol–water partition coefficient (Wildman–Crippen LogP) is 5.65. The monoisotopic (exact) mass is 1300 g/mol. The number of anilines is 2. The topological polar surface area (TPSA) is 325 Å². The number of alkyl halides is 3. The summed E-state index contributed by atoms with van der Waals surface area (Å²) in [5.41, 5.74) is 3.92. The highest BCUT2D eigenvalue weighted by Crippen LogP contribution is 2.35. The first kappa shape index (κ1) is 63.4. The number of nitrogens with one attached hydrogen (secondary N) is 1. The van der Waals surface area contributed by atoms with Gasteiger partial charge in [-0.25, -0.2) is 35.6 Å². The Morgan fingerprint density at radius 2 is 0.904 bits per heavy atom. The van der Waals surface area contributed by atoms with E-state index in [0.717, 1.165) is 58.6 Å². The number of fused-ring (bicyclic) bond motifs is 2. The number of rotatable bonds is 12. The first-order valence-electron chi connectivity index (χ1n) is 24.2. The molecular formula is C51H50Cl4N8O16S4. The molecule has 0 aliphatic heterocycles. The molecule has 2 saturated carbocycles. The number of nitrogen functional groups attached to an aromatic ring is 1. The predicted molar refractivity (Wildman–Crippen MR) is 318 cm³/mol. The van der Waals surface area contributed by atoms with E-state index in [-0.39, 0.29) is 49.3 Å². The molecule has 0 radical (unpaired) electrons. The summed E-state index contributed by atoms with van der Waals surface area (Å²) in [6.45, 7) is 3.59. The Morgan fingerprint density at radius 1 is 0.554 bits per heavy atom. The van der Waals surface area contributed by atoms with Crippen LogP contribution in [-0.2, 0) is 53.4 Å². The fourth-order valence-electron chi connectivity index (χ4n) is 8.30. The van der Waals surface area contributed by atoms with E-state index in [4.69, 9.17) is 48.9 Å². The molecule has 0 bridgehead atoms. The molecule has 4 aromatic carbocycles. The summed E-state index contributed by atoms with van der Waals surface area (Å²) in [7, 11) is -8.46. The Bertz CT molecular complexity index is 4720. The average molecular weight is 1300 g/mol. The number of hydrogen-bond donors (Lipinski definition) is 2. The average Bonchev–Trinajstić information content (AvgIpc) is 2.24. The molecule has 8 aromatic rings. The van der Waals surface area contributed by atoms with Crippen molar-refractivity contribution in [1.29, 1.82) is 0 Å². The van der Waals surface area contributed by atoms with Gasteiger partial charge in [-0.1, -0.05) is 82.3 Å². The number of aromatic nitrogens is 6. The van der Waals surface area contributed by atoms with Crippen molar-refractivity contribution in [2.45, 2.75) is 65.7 Å². The maximum Gasteiger partial charge on any atom is 0.339 e. The Balaban J connectivity index is 0.000000209. The van der Waals surface area contributed by atoms with Crippen molar-refractivity contribution < 1.29 is 42.0 Å². The largest absolute Gasteiger partial charge is 0.399 e. The van der Waals surface area contributed by atoms with Crippen LogP contribution >= 0.6 is 45.5 Å². The summed E-state index contributed by atoms with van der Waals surface area (Å²) >= 11 is 14.4. The van der Waals surface area contributed by atoms with Gasteiger partial charge in [0.1, 0.15) is 31.9 Å². The number of halogens is 4. The van der Waals surface area contributed by atoms with Gasteiger partial charge in [-0.05, 0) is 100 Å². The van der Waals surface area contributed by atoms with E-state index in [1.165, 1.54) is 73.3 Å². The third kappa shape index (κ3) is 15.2. The van der Waals surface area contributed by atoms with Crippen molar-refractivity contribution in [3.8, 4) is 22.9 Å². The molecule has 442 valence electrons. The van der Waals surface area contributed by atoms with Crippen LogP contribution in [0, 0.1) is 13.8 Å². The minimum absolute atomic E-state index is 0.0934. The molecule has 24 nitrogen and oxygen atoms in total. The Labute approximate surface area is 492 Å². The van der Waals surface area contributed by atoms with Gasteiger partial charge in [0, 0.05) is 54.7 Å². The number of nitrogens with two attached hydrogens (primary N) is 1. The molecule has 83 heavy (non-hydrogen) atoms. The van der Waals surface area contributed by atoms with E-state index in [1.807, 2.05) is 6.92 Å². The lowest BCUT2D eigenvalue weighted by Gasteiger charge is -2.18. The zero-order chi connectivity index (χ0) is 61.4. The van der Waals surface area contributed by atoms with E-state index in [1.54, 1.807) is 49.4 Å². The molecule has 3 N–H and O–H groups in total. The molecule has 0 atom stereocenters. The third-order valence-electron chi connectivity index (χ3n) is 12.2. The van der Waals surface area contributed by atoms with E-state index in [2.05, 4.69) is 15.4 Å². The minimum Gasteiger partial charge on any atom is -0.399 e. The molecule has 10 rings (SSSR count). The first-order chi connectivity index (χ1) is 38.6. The van der Waals surface area contributed by atoms with Gasteiger partial charge < -0.3 is 14.1 Å². The second-order valence-corrected chi connectivity index (χ2v) is 28.8. The second-order valence-electron chi connectivity index (χ2n) is 18.9. The number of hydrogen-bond acceptors (Lipinski definition) is 17. The lowest BCUT2D eigenvalue weighted by atomic mass is 10.2. The SMILES string of the molecule is CS(=O)(=O)Cl.Cc1ccc(S(=O)(=O)Oc2cc(=O)n(C)c3c2c(=O)n(C2CC2)c(=O)n3-c2cccc(N)c2)cc1.Cc1ccc(S(=O)(=O)Oc2cc(=O)n(C)c3c2c(=O)n(C2CC2)c(=O)n3-c2cccc(NS(C)(=O)=O)c2)cc1.ClC(Cl)Cl. The second kappa shape index (κ2) is 24.6. The van der Waals surface area contributed by atoms with Gasteiger partial charge in [0.25, 0.3) is 22.2 Å². The van der Waals surface area contributed by atoms with Gasteiger partial charge in [-0.2, -0.15) is 16.8 Å². The fraction of sp³-hybridized carbons (Fsp3) is 0.255. The Morgan fingerprint density at radius 3 is 1.24 bits per heavy atom. The van der Waals surface area contributed by atoms with Crippen molar-refractivity contribution in [3.63, 3.8) is 0 Å². The van der Waals surface area contributed by atoms with Gasteiger partial charge in [0.15, 0.2) is 15.8 Å². The Kier molecular flexibility index (Phi) is 18.8. The summed E-state index contributed by atoms with van der Waals surface area (Å²) in [4.78, 5) is 80.0. The van der Waals surface area contributed by atoms with Crippen LogP contribution in [0.5, 0.6) is 11.5 Å². The molecule has 4 aromatic heterocycles. The molecule has 0 unspecified atom stereocenters. The highest BCUT2D eigenvalue weighted by Gasteiger charge is 2.34. The molecule has 0 spiro atoms. The highest BCUT2D eigenvalue weighted by atomic mass is 35.7. The van der Waals surface area contributed by atoms with Crippen molar-refractivity contribution in [3.05, 3.63) is 183 Å². The van der Waals surface area contributed by atoms with Crippen molar-refractivity contribution in [2.24, 2.45) is 14.1 Å². The maximum atomic E-state index is 13.7. The van der Waals surface area contributed by atoms with Crippen LogP contribution in [0.1, 0.15) is 48.9 Å². The summed E-state index contributed by atoms with van der Waals surface area (Å²) in [5.74, 6) is -0.965. The number of pyridine rings is 2. The van der Waals surface area contributed by atoms with Gasteiger partial charge >= 0.3 is 31.6 Å². The van der Waals surface area contributed by atoms with Crippen LogP contribution in [0.2, 0.25) is 0 Å². The summed E-state index contributed by atoms with van der Waals surface area (Å²) < 4.78 is 114. The molecule has 4 heterocycles. The Hall–Kier alpha value is -7.18. The van der Waals surface area contributed by atoms with Crippen LogP contribution in [0.25, 0.3) is 33.4 Å². The first-order valence-corrected chi connectivity index (χ1v) is 32.9. The minimum atomic E-state index is -4.46. The number of benzene rings is 4. The van der Waals surface area contributed by atoms with Crippen molar-refractivity contribution in [1.82, 2.24) is 27.4 Å². The van der Waals surface area contributed by atoms with E-state index >= 15 is 0 Å². The summed E-state index contributed by atoms with van der Waals surface area (Å²) in [5, 5.41) is -0.488. The van der Waals surface area contributed by atoms with Crippen LogP contribution in [0.3, 0.4) is 0 Å². The highest BCUT2D eigenvalue weighted by molar-refractivity contribution is 8.13. The van der Waals surface area contributed by atoms with Gasteiger partial charge in [0.2, 0.25) is 19.1 Å². The van der Waals surface area contributed by atoms with Crippen LogP contribution in [0.15, 0.2) is 148 Å². The molecule has 0 amide bonds. The maximum absolute atomic E-state index is 13.7. The molecular weight excluding hydrogens is 1250 g/mol. The number of aryl methyl sites for hydroxylation is 4. The summed E-state index contributed by atoms with van der Waals surface area (Å²) in [6.07, 6.45) is 4.26. The molecule has 2 aliphatic carbocycles. The molecule has 2 fully saturated rings. The zero-order valence-electron chi connectivity index (χ0n) is 44.4. The van der Waals surface area contributed by atoms with Crippen molar-refractivity contribution >= 4 is 118 Å². The summed E-state index contributed by atoms with van der Waals surface area (Å²) in [6, 6.07) is 25.1. The molecule has 0 saturated heterocycles. The van der Waals surface area contributed by atoms with E-state index in [9.17, 15) is 62.4 Å². The van der Waals surface area contributed by atoms with E-state index < -0.39 is 94.8 Å². The number of nitrogens with zero attached hydrogens (tertiary/aromatic N) is 6. The third-order valence-corrected chi connectivity index (χ3v) is 15.3. The van der Waals surface area contributed by atoms with Crippen LogP contribution < -0.4 is 52.4 Å². The fourth-order valence-corrected chi connectivity index (χ4v) is 10.7. The van der Waals surface area contributed by atoms with Crippen LogP contribution in [0.4, 0.5) is 11.4 Å². The standard InChI is InChI=1S/C25H24N4O8S2.C24H22N4O6S.CHCl3.CH3ClO2S/c1-15-7-11-19(12-8-15)39(35,36)37-20-14-21(30)27(2)23-22(20)24(31)29(17-9-10-17)25(32)28(23)18-6-4-5-16(13-18)26-38(3,33)34;1-14-6-10-18(11-7-14)35(32,33)34-19-13-20(29)26(2)22-21(19)23(30)28(16-8-9-16)24(31)27(22)17-5-3-4-15(25)12-17;2-1(3)4;1-5(2,3)4/h4-8,11-14,17,26H,9-10H2,1-3H3;3-7,10-13,16H,8-9,25H2,1-2H3;1H;1H3. The normalized spacial score (nSPS) is 13.5. The van der Waals surface area contributed by atoms with Gasteiger partial charge in [-0.3, -0.25) is 42.2 Å². The van der Waals surface area contributed by atoms with Gasteiger partial charge in [0.05, 0.1) is 29.6 Å². The lowest BCUT2D eigenvalue weighted by Crippen LogP contribution is -2.41. The number of sulfonamides is 1. The smallest absolute Gasteiger partial charge is 0.339 e.